The highest BCUT2D eigenvalue weighted by molar-refractivity contribution is 5.62. The predicted molar refractivity (Wildman–Crippen MR) is 97.4 cm³/mol. The highest BCUT2D eigenvalue weighted by Crippen LogP contribution is 2.21. The molecule has 0 amide bonds. The van der Waals surface area contributed by atoms with Crippen molar-refractivity contribution in [1.29, 1.82) is 0 Å². The van der Waals surface area contributed by atoms with E-state index in [9.17, 15) is 0 Å². The third-order valence-electron chi connectivity index (χ3n) is 3.70. The molecule has 0 spiro atoms. The first kappa shape index (κ1) is 15.9. The third-order valence-corrected chi connectivity index (χ3v) is 3.70. The molecule has 122 valence electrons. The first-order valence-corrected chi connectivity index (χ1v) is 8.08. The van der Waals surface area contributed by atoms with Crippen LogP contribution in [0.5, 0.6) is 0 Å². The van der Waals surface area contributed by atoms with Crippen molar-refractivity contribution in [1.82, 2.24) is 15.0 Å². The normalized spacial score (nSPS) is 10.4. The summed E-state index contributed by atoms with van der Waals surface area (Å²) in [5.41, 5.74) is 3.45. The van der Waals surface area contributed by atoms with Gasteiger partial charge in [0.1, 0.15) is 17.5 Å². The van der Waals surface area contributed by atoms with E-state index in [1.807, 2.05) is 37.4 Å². The molecule has 2 aromatic heterocycles. The van der Waals surface area contributed by atoms with Gasteiger partial charge < -0.3 is 10.6 Å². The van der Waals surface area contributed by atoms with Crippen LogP contribution in [0.1, 0.15) is 23.9 Å². The zero-order valence-corrected chi connectivity index (χ0v) is 14.0. The fourth-order valence-electron chi connectivity index (χ4n) is 2.51. The van der Waals surface area contributed by atoms with Gasteiger partial charge in [0.15, 0.2) is 0 Å². The van der Waals surface area contributed by atoms with E-state index in [2.05, 4.69) is 50.7 Å². The van der Waals surface area contributed by atoms with Gasteiger partial charge in [-0.3, -0.25) is 4.98 Å². The van der Waals surface area contributed by atoms with Crippen LogP contribution >= 0.6 is 0 Å². The van der Waals surface area contributed by atoms with Crippen molar-refractivity contribution in [2.75, 3.05) is 10.6 Å². The Morgan fingerprint density at radius 2 is 1.83 bits per heavy atom. The quantitative estimate of drug-likeness (QED) is 0.716. The van der Waals surface area contributed by atoms with Crippen molar-refractivity contribution in [3.63, 3.8) is 0 Å². The monoisotopic (exact) mass is 319 g/mol. The predicted octanol–water partition coefficient (Wildman–Crippen LogP) is 4.10. The lowest BCUT2D eigenvalue weighted by molar-refractivity contribution is 1.02. The molecule has 0 aliphatic heterocycles. The van der Waals surface area contributed by atoms with E-state index in [1.165, 1.54) is 5.56 Å². The molecule has 2 N–H and O–H groups in total. The Kier molecular flexibility index (Phi) is 5.01. The number of anilines is 3. The van der Waals surface area contributed by atoms with Gasteiger partial charge in [0.05, 0.1) is 0 Å². The summed E-state index contributed by atoms with van der Waals surface area (Å²) in [4.78, 5) is 13.1. The van der Waals surface area contributed by atoms with Crippen molar-refractivity contribution in [2.24, 2.45) is 0 Å². The Balaban J connectivity index is 1.76. The highest BCUT2D eigenvalue weighted by Gasteiger charge is 2.05. The van der Waals surface area contributed by atoms with Crippen LogP contribution in [0.15, 0.2) is 54.9 Å². The highest BCUT2D eigenvalue weighted by atomic mass is 15.1. The zero-order chi connectivity index (χ0) is 16.8. The second-order valence-corrected chi connectivity index (χ2v) is 5.54. The van der Waals surface area contributed by atoms with E-state index in [4.69, 9.17) is 0 Å². The minimum atomic E-state index is 0.676. The summed E-state index contributed by atoms with van der Waals surface area (Å²) in [6.07, 6.45) is 4.59. The topological polar surface area (TPSA) is 62.7 Å². The molecular weight excluding hydrogens is 298 g/mol. The Bertz CT molecular complexity index is 802. The molecule has 3 aromatic rings. The summed E-state index contributed by atoms with van der Waals surface area (Å²) in [5.74, 6) is 2.31. The smallest absolute Gasteiger partial charge is 0.136 e. The van der Waals surface area contributed by atoms with E-state index >= 15 is 0 Å². The molecule has 0 atom stereocenters. The zero-order valence-electron chi connectivity index (χ0n) is 14.0. The molecule has 2 heterocycles. The average molecular weight is 319 g/mol. The molecule has 5 nitrogen and oxygen atoms in total. The van der Waals surface area contributed by atoms with Crippen LogP contribution < -0.4 is 10.6 Å². The maximum Gasteiger partial charge on any atom is 0.136 e. The molecule has 0 saturated carbocycles. The Labute approximate surface area is 142 Å². The first-order valence-electron chi connectivity index (χ1n) is 8.08. The lowest BCUT2D eigenvalue weighted by Crippen LogP contribution is -2.05. The molecule has 0 saturated heterocycles. The Hall–Kier alpha value is -2.95. The van der Waals surface area contributed by atoms with Crippen molar-refractivity contribution < 1.29 is 0 Å². The van der Waals surface area contributed by atoms with Crippen LogP contribution in [0, 0.1) is 6.92 Å². The molecule has 5 heteroatoms. The number of benzene rings is 1. The maximum absolute atomic E-state index is 4.48. The van der Waals surface area contributed by atoms with Crippen LogP contribution in [0.25, 0.3) is 0 Å². The number of pyridine rings is 1. The summed E-state index contributed by atoms with van der Waals surface area (Å²) in [6, 6.07) is 14.2. The van der Waals surface area contributed by atoms with Crippen LogP contribution in [-0.4, -0.2) is 15.0 Å². The molecule has 3 rings (SSSR count). The SMILES string of the molecule is CCc1ccccc1Nc1cc(NCc2cccnc2)nc(C)n1. The van der Waals surface area contributed by atoms with Crippen LogP contribution in [0.4, 0.5) is 17.3 Å². The van der Waals surface area contributed by atoms with Crippen LogP contribution in [0.2, 0.25) is 0 Å². The van der Waals surface area contributed by atoms with Crippen molar-refractivity contribution >= 4 is 17.3 Å². The molecule has 0 radical (unpaired) electrons. The minimum absolute atomic E-state index is 0.676. The number of hydrogen-bond acceptors (Lipinski definition) is 5. The lowest BCUT2D eigenvalue weighted by atomic mass is 10.1. The van der Waals surface area contributed by atoms with Gasteiger partial charge in [-0.05, 0) is 36.6 Å². The number of aryl methyl sites for hydroxylation is 2. The summed E-state index contributed by atoms with van der Waals surface area (Å²) >= 11 is 0. The second-order valence-electron chi connectivity index (χ2n) is 5.54. The molecule has 0 aliphatic rings. The van der Waals surface area contributed by atoms with E-state index in [-0.39, 0.29) is 0 Å². The fraction of sp³-hybridized carbons (Fsp3) is 0.211. The summed E-state index contributed by atoms with van der Waals surface area (Å²) in [5, 5.41) is 6.72. The molecule has 0 aliphatic carbocycles. The van der Waals surface area contributed by atoms with E-state index in [1.54, 1.807) is 6.20 Å². The largest absolute Gasteiger partial charge is 0.366 e. The van der Waals surface area contributed by atoms with Gasteiger partial charge in [-0.15, -0.1) is 0 Å². The van der Waals surface area contributed by atoms with Gasteiger partial charge in [-0.1, -0.05) is 31.2 Å². The second kappa shape index (κ2) is 7.55. The summed E-state index contributed by atoms with van der Waals surface area (Å²) in [7, 11) is 0. The number of rotatable bonds is 6. The molecule has 1 aromatic carbocycles. The van der Waals surface area contributed by atoms with Gasteiger partial charge in [0, 0.05) is 30.7 Å². The van der Waals surface area contributed by atoms with Crippen LogP contribution in [0.3, 0.4) is 0 Å². The average Bonchev–Trinajstić information content (AvgIpc) is 2.61. The molecule has 24 heavy (non-hydrogen) atoms. The summed E-state index contributed by atoms with van der Waals surface area (Å²) < 4.78 is 0. The van der Waals surface area contributed by atoms with Crippen LogP contribution in [-0.2, 0) is 13.0 Å². The van der Waals surface area contributed by atoms with Gasteiger partial charge in [0.2, 0.25) is 0 Å². The summed E-state index contributed by atoms with van der Waals surface area (Å²) in [6.45, 7) is 4.72. The van der Waals surface area contributed by atoms with Crippen molar-refractivity contribution in [2.45, 2.75) is 26.8 Å². The number of nitrogens with zero attached hydrogens (tertiary/aromatic N) is 3. The van der Waals surface area contributed by atoms with Crippen molar-refractivity contribution in [3.8, 4) is 0 Å². The molecule has 0 unspecified atom stereocenters. The molecular formula is C19H21N5. The minimum Gasteiger partial charge on any atom is -0.366 e. The van der Waals surface area contributed by atoms with E-state index in [0.29, 0.717) is 6.54 Å². The fourth-order valence-corrected chi connectivity index (χ4v) is 2.51. The first-order chi connectivity index (χ1) is 11.7. The lowest BCUT2D eigenvalue weighted by Gasteiger charge is -2.12. The Morgan fingerprint density at radius 3 is 2.62 bits per heavy atom. The number of para-hydroxylation sites is 1. The number of nitrogens with one attached hydrogen (secondary N) is 2. The number of aromatic nitrogens is 3. The molecule has 0 fully saturated rings. The van der Waals surface area contributed by atoms with Gasteiger partial charge >= 0.3 is 0 Å². The third kappa shape index (κ3) is 4.07. The van der Waals surface area contributed by atoms with E-state index in [0.717, 1.165) is 35.1 Å². The van der Waals surface area contributed by atoms with Gasteiger partial charge in [0.25, 0.3) is 0 Å². The maximum atomic E-state index is 4.48. The standard InChI is InChI=1S/C19H21N5/c1-3-16-8-4-5-9-17(16)24-19-11-18(22-14(2)23-19)21-13-15-7-6-10-20-12-15/h4-12H,3,13H2,1-2H3,(H2,21,22,23,24). The van der Waals surface area contributed by atoms with Crippen molar-refractivity contribution in [3.05, 3.63) is 71.8 Å². The molecule has 0 bridgehead atoms. The van der Waals surface area contributed by atoms with Gasteiger partial charge in [-0.2, -0.15) is 0 Å². The van der Waals surface area contributed by atoms with Gasteiger partial charge in [-0.25, -0.2) is 9.97 Å². The number of hydrogen-bond donors (Lipinski definition) is 2. The van der Waals surface area contributed by atoms with E-state index < -0.39 is 0 Å². The Morgan fingerprint density at radius 1 is 1.00 bits per heavy atom.